The largest absolute Gasteiger partial charge is 0.361 e. The van der Waals surface area contributed by atoms with E-state index in [4.69, 9.17) is 4.52 Å². The van der Waals surface area contributed by atoms with Crippen LogP contribution in [0.15, 0.2) is 29.0 Å². The summed E-state index contributed by atoms with van der Waals surface area (Å²) in [5.41, 5.74) is 2.24. The van der Waals surface area contributed by atoms with Gasteiger partial charge in [0, 0.05) is 50.4 Å². The fourth-order valence-corrected chi connectivity index (χ4v) is 4.30. The van der Waals surface area contributed by atoms with E-state index in [0.29, 0.717) is 43.1 Å². The molecule has 2 saturated heterocycles. The van der Waals surface area contributed by atoms with Crippen molar-refractivity contribution >= 4 is 11.8 Å². The maximum absolute atomic E-state index is 12.8. The van der Waals surface area contributed by atoms with Gasteiger partial charge in [-0.25, -0.2) is 0 Å². The molecule has 0 radical (unpaired) electrons. The number of carbonyl (C=O) groups excluding carboxylic acids is 2. The number of amides is 2. The zero-order valence-corrected chi connectivity index (χ0v) is 15.8. The highest BCUT2D eigenvalue weighted by atomic mass is 16.5. The van der Waals surface area contributed by atoms with Gasteiger partial charge in [0.25, 0.3) is 5.91 Å². The smallest absolute Gasteiger partial charge is 0.259 e. The summed E-state index contributed by atoms with van der Waals surface area (Å²) < 4.78 is 5.13. The van der Waals surface area contributed by atoms with Crippen LogP contribution in [0.3, 0.4) is 0 Å². The summed E-state index contributed by atoms with van der Waals surface area (Å²) in [4.78, 5) is 33.3. The van der Waals surface area contributed by atoms with Crippen LogP contribution in [0.2, 0.25) is 0 Å². The first-order valence-electron chi connectivity index (χ1n) is 9.36. The fourth-order valence-electron chi connectivity index (χ4n) is 4.30. The third kappa shape index (κ3) is 3.34. The van der Waals surface area contributed by atoms with Gasteiger partial charge in [-0.15, -0.1) is 0 Å². The maximum atomic E-state index is 12.8. The molecule has 0 bridgehead atoms. The van der Waals surface area contributed by atoms with Gasteiger partial charge < -0.3 is 14.3 Å². The average molecular weight is 368 g/mol. The highest BCUT2D eigenvalue weighted by Gasteiger charge is 2.45. The SMILES string of the molecule is Cc1noc(C)c1C(=O)N1CCC2(CC1)CC(=O)N(Cc1cccnc1)C2. The first-order chi connectivity index (χ1) is 13.0. The lowest BCUT2D eigenvalue weighted by molar-refractivity contribution is -0.128. The Kier molecular flexibility index (Phi) is 4.45. The van der Waals surface area contributed by atoms with Crippen LogP contribution in [0.4, 0.5) is 0 Å². The van der Waals surface area contributed by atoms with Crippen LogP contribution in [-0.4, -0.2) is 51.4 Å². The number of hydrogen-bond acceptors (Lipinski definition) is 5. The quantitative estimate of drug-likeness (QED) is 0.831. The first kappa shape index (κ1) is 17.7. The summed E-state index contributed by atoms with van der Waals surface area (Å²) in [6, 6.07) is 3.89. The highest BCUT2D eigenvalue weighted by molar-refractivity contribution is 5.96. The van der Waals surface area contributed by atoms with E-state index in [1.807, 2.05) is 28.1 Å². The number of likely N-dealkylation sites (tertiary alicyclic amines) is 2. The number of aryl methyl sites for hydroxylation is 2. The Morgan fingerprint density at radius 1 is 1.30 bits per heavy atom. The van der Waals surface area contributed by atoms with Crippen LogP contribution in [0.5, 0.6) is 0 Å². The molecule has 27 heavy (non-hydrogen) atoms. The van der Waals surface area contributed by atoms with E-state index in [-0.39, 0.29) is 17.2 Å². The molecule has 2 fully saturated rings. The van der Waals surface area contributed by atoms with Crippen molar-refractivity contribution in [2.24, 2.45) is 5.41 Å². The number of pyridine rings is 1. The van der Waals surface area contributed by atoms with Gasteiger partial charge in [-0.2, -0.15) is 0 Å². The fraction of sp³-hybridized carbons (Fsp3) is 0.500. The van der Waals surface area contributed by atoms with Gasteiger partial charge in [0.2, 0.25) is 5.91 Å². The summed E-state index contributed by atoms with van der Waals surface area (Å²) in [5, 5.41) is 3.88. The van der Waals surface area contributed by atoms with Crippen LogP contribution in [-0.2, 0) is 11.3 Å². The molecule has 0 saturated carbocycles. The summed E-state index contributed by atoms with van der Waals surface area (Å²) >= 11 is 0. The lowest BCUT2D eigenvalue weighted by Crippen LogP contribution is -2.44. The Labute approximate surface area is 158 Å². The van der Waals surface area contributed by atoms with Crippen molar-refractivity contribution < 1.29 is 14.1 Å². The Hall–Kier alpha value is -2.70. The van der Waals surface area contributed by atoms with Crippen molar-refractivity contribution in [1.29, 1.82) is 0 Å². The van der Waals surface area contributed by atoms with Gasteiger partial charge in [-0.05, 0) is 38.3 Å². The van der Waals surface area contributed by atoms with E-state index in [2.05, 4.69) is 10.1 Å². The minimum atomic E-state index is -0.0190. The number of carbonyl (C=O) groups is 2. The molecular weight excluding hydrogens is 344 g/mol. The minimum absolute atomic E-state index is 0.0161. The minimum Gasteiger partial charge on any atom is -0.361 e. The van der Waals surface area contributed by atoms with Crippen molar-refractivity contribution in [2.75, 3.05) is 19.6 Å². The molecule has 2 amide bonds. The number of piperidine rings is 1. The molecule has 2 aliphatic rings. The van der Waals surface area contributed by atoms with Gasteiger partial charge in [0.15, 0.2) is 0 Å². The molecule has 2 aromatic heterocycles. The van der Waals surface area contributed by atoms with Gasteiger partial charge >= 0.3 is 0 Å². The number of aromatic nitrogens is 2. The van der Waals surface area contributed by atoms with E-state index >= 15 is 0 Å². The van der Waals surface area contributed by atoms with Gasteiger partial charge in [-0.3, -0.25) is 14.6 Å². The van der Waals surface area contributed by atoms with E-state index in [9.17, 15) is 9.59 Å². The Morgan fingerprint density at radius 3 is 2.70 bits per heavy atom. The van der Waals surface area contributed by atoms with Crippen LogP contribution < -0.4 is 0 Å². The Balaban J connectivity index is 1.40. The van der Waals surface area contributed by atoms with E-state index < -0.39 is 0 Å². The van der Waals surface area contributed by atoms with E-state index in [1.165, 1.54) is 0 Å². The van der Waals surface area contributed by atoms with Crippen molar-refractivity contribution in [1.82, 2.24) is 19.9 Å². The molecule has 4 heterocycles. The third-order valence-electron chi connectivity index (χ3n) is 5.86. The molecule has 0 atom stereocenters. The van der Waals surface area contributed by atoms with Crippen molar-refractivity contribution in [2.45, 2.75) is 39.7 Å². The van der Waals surface area contributed by atoms with E-state index in [0.717, 1.165) is 24.9 Å². The third-order valence-corrected chi connectivity index (χ3v) is 5.86. The predicted molar refractivity (Wildman–Crippen MR) is 97.8 cm³/mol. The maximum Gasteiger partial charge on any atom is 0.259 e. The molecule has 0 N–H and O–H groups in total. The molecule has 0 unspecified atom stereocenters. The molecule has 1 spiro atoms. The van der Waals surface area contributed by atoms with Gasteiger partial charge in [-0.1, -0.05) is 11.2 Å². The van der Waals surface area contributed by atoms with E-state index in [1.54, 1.807) is 20.0 Å². The standard InChI is InChI=1S/C20H24N4O3/c1-14-18(15(2)27-22-14)19(26)23-8-5-20(6-9-23)10-17(25)24(13-20)12-16-4-3-7-21-11-16/h3-4,7,11H,5-6,8-10,12-13H2,1-2H3. The summed E-state index contributed by atoms with van der Waals surface area (Å²) in [6.07, 6.45) is 5.81. The normalized spacial score (nSPS) is 19.1. The lowest BCUT2D eigenvalue weighted by atomic mass is 9.77. The van der Waals surface area contributed by atoms with Gasteiger partial charge in [0.1, 0.15) is 11.3 Å². The molecule has 2 aromatic rings. The molecule has 142 valence electrons. The zero-order chi connectivity index (χ0) is 19.0. The Morgan fingerprint density at radius 2 is 2.07 bits per heavy atom. The lowest BCUT2D eigenvalue weighted by Gasteiger charge is -2.38. The second-order valence-corrected chi connectivity index (χ2v) is 7.78. The molecule has 7 nitrogen and oxygen atoms in total. The summed E-state index contributed by atoms with van der Waals surface area (Å²) in [6.45, 7) is 6.25. The average Bonchev–Trinajstić information content (AvgIpc) is 3.15. The zero-order valence-electron chi connectivity index (χ0n) is 15.8. The van der Waals surface area contributed by atoms with Crippen LogP contribution >= 0.6 is 0 Å². The van der Waals surface area contributed by atoms with Crippen LogP contribution in [0.1, 0.15) is 46.6 Å². The van der Waals surface area contributed by atoms with Crippen LogP contribution in [0, 0.1) is 19.3 Å². The highest BCUT2D eigenvalue weighted by Crippen LogP contribution is 2.41. The number of rotatable bonds is 3. The van der Waals surface area contributed by atoms with Crippen molar-refractivity contribution in [3.63, 3.8) is 0 Å². The predicted octanol–water partition coefficient (Wildman–Crippen LogP) is 2.34. The van der Waals surface area contributed by atoms with Crippen molar-refractivity contribution in [3.05, 3.63) is 47.1 Å². The number of hydrogen-bond donors (Lipinski definition) is 0. The molecule has 7 heteroatoms. The molecule has 0 aliphatic carbocycles. The molecule has 4 rings (SSSR count). The van der Waals surface area contributed by atoms with Crippen molar-refractivity contribution in [3.8, 4) is 0 Å². The summed E-state index contributed by atoms with van der Waals surface area (Å²) in [7, 11) is 0. The second kappa shape index (κ2) is 6.79. The molecule has 0 aromatic carbocycles. The number of nitrogens with zero attached hydrogens (tertiary/aromatic N) is 4. The monoisotopic (exact) mass is 368 g/mol. The summed E-state index contributed by atoms with van der Waals surface area (Å²) in [5.74, 6) is 0.749. The van der Waals surface area contributed by atoms with Gasteiger partial charge in [0.05, 0.1) is 5.69 Å². The molecule has 2 aliphatic heterocycles. The topological polar surface area (TPSA) is 79.5 Å². The Bertz CT molecular complexity index is 834. The second-order valence-electron chi connectivity index (χ2n) is 7.78. The van der Waals surface area contributed by atoms with Crippen LogP contribution in [0.25, 0.3) is 0 Å². The molecular formula is C20H24N4O3. The first-order valence-corrected chi connectivity index (χ1v) is 9.36.